The Hall–Kier alpha value is -1.49. The summed E-state index contributed by atoms with van der Waals surface area (Å²) in [5.41, 5.74) is 0.526. The smallest absolute Gasteiger partial charge is 0.305 e. The lowest BCUT2D eigenvalue weighted by atomic mass is 9.96. The molecule has 1 fully saturated rings. The predicted octanol–water partition coefficient (Wildman–Crippen LogP) is 2.00. The monoisotopic (exact) mass is 269 g/mol. The van der Waals surface area contributed by atoms with Crippen LogP contribution in [0.15, 0.2) is 18.2 Å². The molecule has 5 heteroatoms. The summed E-state index contributed by atoms with van der Waals surface area (Å²) in [5.74, 6) is -0.894. The number of methoxy groups -OCH3 is 1. The van der Waals surface area contributed by atoms with E-state index in [1.54, 1.807) is 0 Å². The van der Waals surface area contributed by atoms with Gasteiger partial charge in [0.2, 0.25) is 0 Å². The zero-order valence-electron chi connectivity index (χ0n) is 10.9. The van der Waals surface area contributed by atoms with Crippen molar-refractivity contribution in [3.63, 3.8) is 0 Å². The van der Waals surface area contributed by atoms with Crippen LogP contribution in [0.2, 0.25) is 0 Å². The summed E-state index contributed by atoms with van der Waals surface area (Å²) in [6, 6.07) is 3.66. The minimum Gasteiger partial charge on any atom is -0.469 e. The Bertz CT molecular complexity index is 459. The lowest BCUT2D eigenvalue weighted by molar-refractivity contribution is -0.143. The first-order valence-electron chi connectivity index (χ1n) is 6.31. The van der Waals surface area contributed by atoms with E-state index in [-0.39, 0.29) is 5.97 Å². The molecule has 0 aromatic heterocycles. The third-order valence-corrected chi connectivity index (χ3v) is 3.43. The van der Waals surface area contributed by atoms with E-state index in [9.17, 15) is 13.6 Å². The van der Waals surface area contributed by atoms with Gasteiger partial charge in [0.25, 0.3) is 0 Å². The first kappa shape index (κ1) is 13.9. The minimum absolute atomic E-state index is 0.186. The molecule has 1 aromatic rings. The van der Waals surface area contributed by atoms with E-state index in [1.807, 2.05) is 0 Å². The van der Waals surface area contributed by atoms with Crippen LogP contribution < -0.4 is 0 Å². The van der Waals surface area contributed by atoms with E-state index in [1.165, 1.54) is 19.2 Å². The van der Waals surface area contributed by atoms with Gasteiger partial charge in [-0.05, 0) is 24.0 Å². The van der Waals surface area contributed by atoms with Gasteiger partial charge in [0, 0.05) is 25.7 Å². The minimum atomic E-state index is -0.552. The number of ether oxygens (including phenoxy) is 1. The third-order valence-electron chi connectivity index (χ3n) is 3.43. The molecular weight excluding hydrogens is 252 g/mol. The highest BCUT2D eigenvalue weighted by Gasteiger charge is 2.28. The molecule has 0 atom stereocenters. The van der Waals surface area contributed by atoms with E-state index in [2.05, 4.69) is 9.64 Å². The fourth-order valence-corrected chi connectivity index (χ4v) is 2.31. The first-order valence-corrected chi connectivity index (χ1v) is 6.31. The summed E-state index contributed by atoms with van der Waals surface area (Å²) >= 11 is 0. The highest BCUT2D eigenvalue weighted by Crippen LogP contribution is 2.20. The van der Waals surface area contributed by atoms with Crippen molar-refractivity contribution in [2.75, 3.05) is 26.7 Å². The van der Waals surface area contributed by atoms with Gasteiger partial charge >= 0.3 is 5.97 Å². The second-order valence-corrected chi connectivity index (χ2v) is 4.89. The quantitative estimate of drug-likeness (QED) is 0.766. The van der Waals surface area contributed by atoms with Crippen molar-refractivity contribution >= 4 is 5.97 Å². The van der Waals surface area contributed by atoms with E-state index in [0.29, 0.717) is 24.3 Å². The average Bonchev–Trinajstić information content (AvgIpc) is 2.33. The van der Waals surface area contributed by atoms with Crippen molar-refractivity contribution in [2.45, 2.75) is 12.8 Å². The van der Waals surface area contributed by atoms with Crippen molar-refractivity contribution < 1.29 is 18.3 Å². The molecular formula is C14H17F2NO2. The molecule has 3 nitrogen and oxygen atoms in total. The average molecular weight is 269 g/mol. The van der Waals surface area contributed by atoms with Crippen LogP contribution >= 0.6 is 0 Å². The number of carbonyl (C=O) groups excluding carboxylic acids is 1. The molecule has 0 amide bonds. The molecule has 0 saturated carbocycles. The maximum atomic E-state index is 13.4. The Kier molecular flexibility index (Phi) is 4.47. The molecule has 2 rings (SSSR count). The Morgan fingerprint density at radius 3 is 2.79 bits per heavy atom. The highest BCUT2D eigenvalue weighted by molar-refractivity contribution is 5.69. The van der Waals surface area contributed by atoms with E-state index in [4.69, 9.17) is 0 Å². The van der Waals surface area contributed by atoms with Crippen molar-refractivity contribution in [1.82, 2.24) is 4.90 Å². The number of nitrogens with zero attached hydrogens (tertiary/aromatic N) is 1. The lowest BCUT2D eigenvalue weighted by Gasteiger charge is -2.38. The topological polar surface area (TPSA) is 29.5 Å². The zero-order chi connectivity index (χ0) is 13.8. The number of carbonyl (C=O) groups is 1. The molecule has 1 aromatic carbocycles. The van der Waals surface area contributed by atoms with Crippen LogP contribution in [0.25, 0.3) is 0 Å². The maximum Gasteiger partial charge on any atom is 0.305 e. The van der Waals surface area contributed by atoms with Crippen LogP contribution in [-0.2, 0) is 16.0 Å². The van der Waals surface area contributed by atoms with Gasteiger partial charge in [-0.25, -0.2) is 8.78 Å². The van der Waals surface area contributed by atoms with Crippen LogP contribution in [0.4, 0.5) is 8.78 Å². The normalized spacial score (nSPS) is 16.2. The van der Waals surface area contributed by atoms with Crippen LogP contribution in [0.5, 0.6) is 0 Å². The number of halogens is 2. The SMILES string of the molecule is COC(=O)CC1CN(CCc2ccc(F)cc2F)C1. The summed E-state index contributed by atoms with van der Waals surface area (Å²) < 4.78 is 30.7. The van der Waals surface area contributed by atoms with Crippen molar-refractivity contribution in [3.8, 4) is 0 Å². The number of esters is 1. The van der Waals surface area contributed by atoms with Crippen molar-refractivity contribution in [3.05, 3.63) is 35.4 Å². The van der Waals surface area contributed by atoms with Crippen LogP contribution in [0.3, 0.4) is 0 Å². The second-order valence-electron chi connectivity index (χ2n) is 4.89. The second kappa shape index (κ2) is 6.10. The van der Waals surface area contributed by atoms with Gasteiger partial charge in [0.15, 0.2) is 0 Å². The predicted molar refractivity (Wildman–Crippen MR) is 66.6 cm³/mol. The van der Waals surface area contributed by atoms with Gasteiger partial charge in [-0.2, -0.15) is 0 Å². The first-order chi connectivity index (χ1) is 9.08. The van der Waals surface area contributed by atoms with Gasteiger partial charge in [-0.3, -0.25) is 4.79 Å². The van der Waals surface area contributed by atoms with Crippen LogP contribution in [0, 0.1) is 17.6 Å². The Labute approximate surface area is 111 Å². The lowest BCUT2D eigenvalue weighted by Crippen LogP contribution is -2.48. The number of likely N-dealkylation sites (tertiary alicyclic amines) is 1. The molecule has 1 saturated heterocycles. The fraction of sp³-hybridized carbons (Fsp3) is 0.500. The van der Waals surface area contributed by atoms with Gasteiger partial charge in [-0.15, -0.1) is 0 Å². The van der Waals surface area contributed by atoms with E-state index < -0.39 is 11.6 Å². The molecule has 0 radical (unpaired) electrons. The molecule has 1 heterocycles. The molecule has 0 unspecified atom stereocenters. The molecule has 19 heavy (non-hydrogen) atoms. The zero-order valence-corrected chi connectivity index (χ0v) is 10.9. The summed E-state index contributed by atoms with van der Waals surface area (Å²) in [6.07, 6.45) is 0.995. The van der Waals surface area contributed by atoms with Crippen molar-refractivity contribution in [2.24, 2.45) is 5.92 Å². The standard InChI is InChI=1S/C14H17F2NO2/c1-19-14(18)6-10-8-17(9-10)5-4-11-2-3-12(15)7-13(11)16/h2-3,7,10H,4-6,8-9H2,1H3. The summed E-state index contributed by atoms with van der Waals surface area (Å²) in [6.45, 7) is 2.38. The van der Waals surface area contributed by atoms with Gasteiger partial charge in [-0.1, -0.05) is 6.07 Å². The molecule has 1 aliphatic rings. The molecule has 0 bridgehead atoms. The van der Waals surface area contributed by atoms with Gasteiger partial charge in [0.05, 0.1) is 13.5 Å². The highest BCUT2D eigenvalue weighted by atomic mass is 19.1. The number of benzene rings is 1. The Morgan fingerprint density at radius 2 is 2.16 bits per heavy atom. The fourth-order valence-electron chi connectivity index (χ4n) is 2.31. The van der Waals surface area contributed by atoms with Crippen molar-refractivity contribution in [1.29, 1.82) is 0 Å². The number of hydrogen-bond acceptors (Lipinski definition) is 3. The largest absolute Gasteiger partial charge is 0.469 e. The molecule has 104 valence electrons. The molecule has 0 N–H and O–H groups in total. The molecule has 0 spiro atoms. The number of rotatable bonds is 5. The van der Waals surface area contributed by atoms with E-state index in [0.717, 1.165) is 25.7 Å². The van der Waals surface area contributed by atoms with E-state index >= 15 is 0 Å². The molecule has 0 aliphatic carbocycles. The van der Waals surface area contributed by atoms with Crippen LogP contribution in [0.1, 0.15) is 12.0 Å². The summed E-state index contributed by atoms with van der Waals surface area (Å²) in [4.78, 5) is 13.2. The van der Waals surface area contributed by atoms with Crippen LogP contribution in [-0.4, -0.2) is 37.6 Å². The third kappa shape index (κ3) is 3.73. The summed E-state index contributed by atoms with van der Waals surface area (Å²) in [7, 11) is 1.38. The number of hydrogen-bond donors (Lipinski definition) is 0. The Morgan fingerprint density at radius 1 is 1.42 bits per heavy atom. The summed E-state index contributed by atoms with van der Waals surface area (Å²) in [5, 5.41) is 0. The van der Waals surface area contributed by atoms with Gasteiger partial charge in [0.1, 0.15) is 11.6 Å². The molecule has 1 aliphatic heterocycles. The Balaban J connectivity index is 1.72. The van der Waals surface area contributed by atoms with Gasteiger partial charge < -0.3 is 9.64 Å². The maximum absolute atomic E-state index is 13.4.